The fourth-order valence-electron chi connectivity index (χ4n) is 7.45. The zero-order chi connectivity index (χ0) is 33.5. The van der Waals surface area contributed by atoms with Crippen LogP contribution in [0.25, 0.3) is 83.4 Å². The van der Waals surface area contributed by atoms with E-state index in [2.05, 4.69) is 101 Å². The minimum atomic E-state index is 0.601. The lowest BCUT2D eigenvalue weighted by Gasteiger charge is -2.21. The van der Waals surface area contributed by atoms with E-state index in [4.69, 9.17) is 19.7 Å². The van der Waals surface area contributed by atoms with Gasteiger partial charge >= 0.3 is 0 Å². The van der Waals surface area contributed by atoms with Gasteiger partial charge in [0.2, 0.25) is 0 Å². The largest absolute Gasteiger partial charge is 0.455 e. The normalized spacial score (nSPS) is 12.4. The van der Waals surface area contributed by atoms with Gasteiger partial charge in [-0.05, 0) is 65.7 Å². The zero-order valence-electron chi connectivity index (χ0n) is 27.1. The lowest BCUT2D eigenvalue weighted by atomic mass is 9.99. The van der Waals surface area contributed by atoms with Crippen LogP contribution in [0.2, 0.25) is 0 Å². The fourth-order valence-corrected chi connectivity index (χ4v) is 8.37. The van der Waals surface area contributed by atoms with Gasteiger partial charge in [-0.3, -0.25) is 0 Å². The molecule has 0 saturated heterocycles. The molecule has 51 heavy (non-hydrogen) atoms. The standard InChI is InChI=1S/C45H26N4OS/c1-3-11-27(12-4-1)43-46-44(28-13-5-2-6-14-28)48-45(47-43)30-20-22-41-39(26-30)50-38-25-29(19-21-40(38)51-41)31-23-34-32-15-7-9-17-36(32)49-37-18-10-8-16-33(37)35(24-31)42(34)49/h1-26H. The van der Waals surface area contributed by atoms with Crippen LogP contribution >= 0.6 is 11.8 Å². The lowest BCUT2D eigenvalue weighted by Crippen LogP contribution is -2.01. The molecule has 7 aromatic carbocycles. The Balaban J connectivity index is 1.01. The van der Waals surface area contributed by atoms with Crippen LogP contribution in [0, 0.1) is 0 Å². The molecular weight excluding hydrogens is 645 g/mol. The average molecular weight is 671 g/mol. The molecule has 0 bridgehead atoms. The van der Waals surface area contributed by atoms with E-state index in [9.17, 15) is 0 Å². The number of fused-ring (bicyclic) bond motifs is 8. The van der Waals surface area contributed by atoms with Gasteiger partial charge in [0.05, 0.1) is 26.3 Å². The van der Waals surface area contributed by atoms with Gasteiger partial charge in [0, 0.05) is 38.2 Å². The van der Waals surface area contributed by atoms with Crippen LogP contribution in [-0.2, 0) is 0 Å². The number of aromatic nitrogens is 4. The number of rotatable bonds is 4. The predicted octanol–water partition coefficient (Wildman–Crippen LogP) is 11.9. The summed E-state index contributed by atoms with van der Waals surface area (Å²) in [5, 5.41) is 5.06. The van der Waals surface area contributed by atoms with E-state index < -0.39 is 0 Å². The van der Waals surface area contributed by atoms with Gasteiger partial charge in [-0.25, -0.2) is 15.0 Å². The quantitative estimate of drug-likeness (QED) is 0.187. The van der Waals surface area contributed by atoms with Crippen LogP contribution < -0.4 is 4.74 Å². The molecule has 238 valence electrons. The van der Waals surface area contributed by atoms with Crippen LogP contribution in [0.4, 0.5) is 0 Å². The second kappa shape index (κ2) is 11.0. The highest BCUT2D eigenvalue weighted by Gasteiger charge is 2.23. The van der Waals surface area contributed by atoms with E-state index >= 15 is 0 Å². The van der Waals surface area contributed by atoms with Crippen molar-refractivity contribution in [1.82, 2.24) is 19.4 Å². The first-order valence-electron chi connectivity index (χ1n) is 16.9. The molecule has 0 unspecified atom stereocenters. The molecule has 11 rings (SSSR count). The van der Waals surface area contributed by atoms with Gasteiger partial charge in [-0.1, -0.05) is 115 Å². The van der Waals surface area contributed by atoms with Crippen molar-refractivity contribution in [3.63, 3.8) is 0 Å². The summed E-state index contributed by atoms with van der Waals surface area (Å²) < 4.78 is 9.12. The predicted molar refractivity (Wildman–Crippen MR) is 207 cm³/mol. The Hall–Kier alpha value is -6.50. The molecule has 0 fully saturated rings. The van der Waals surface area contributed by atoms with Crippen molar-refractivity contribution in [3.05, 3.63) is 158 Å². The van der Waals surface area contributed by atoms with E-state index in [0.717, 1.165) is 43.5 Å². The highest BCUT2D eigenvalue weighted by Crippen LogP contribution is 2.50. The molecular formula is C45H26N4OS. The van der Waals surface area contributed by atoms with Gasteiger partial charge in [-0.15, -0.1) is 0 Å². The molecule has 5 nitrogen and oxygen atoms in total. The van der Waals surface area contributed by atoms with Crippen molar-refractivity contribution in [1.29, 1.82) is 0 Å². The van der Waals surface area contributed by atoms with E-state index in [0.29, 0.717) is 17.5 Å². The van der Waals surface area contributed by atoms with E-state index in [1.807, 2.05) is 60.7 Å². The monoisotopic (exact) mass is 670 g/mol. The maximum absolute atomic E-state index is 6.70. The maximum atomic E-state index is 6.70. The maximum Gasteiger partial charge on any atom is 0.164 e. The molecule has 4 heterocycles. The molecule has 0 aliphatic carbocycles. The Labute approximate surface area is 297 Å². The second-order valence-electron chi connectivity index (χ2n) is 12.9. The summed E-state index contributed by atoms with van der Waals surface area (Å²) >= 11 is 1.72. The summed E-state index contributed by atoms with van der Waals surface area (Å²) in [4.78, 5) is 16.9. The Morgan fingerprint density at radius 2 is 0.863 bits per heavy atom. The van der Waals surface area contributed by atoms with Gasteiger partial charge in [0.1, 0.15) is 11.5 Å². The summed E-state index contributed by atoms with van der Waals surface area (Å²) in [6.45, 7) is 0. The van der Waals surface area contributed by atoms with Gasteiger partial charge < -0.3 is 9.14 Å². The summed E-state index contributed by atoms with van der Waals surface area (Å²) in [6, 6.07) is 55.0. The first-order valence-corrected chi connectivity index (χ1v) is 17.8. The van der Waals surface area contributed by atoms with E-state index in [1.165, 1.54) is 43.7 Å². The van der Waals surface area contributed by atoms with E-state index in [-0.39, 0.29) is 0 Å². The number of para-hydroxylation sites is 2. The molecule has 0 amide bonds. The summed E-state index contributed by atoms with van der Waals surface area (Å²) in [5.74, 6) is 3.50. The fraction of sp³-hybridized carbons (Fsp3) is 0. The van der Waals surface area contributed by atoms with Crippen LogP contribution in [0.5, 0.6) is 11.5 Å². The SMILES string of the molecule is c1ccc(-c2nc(-c3ccccc3)nc(-c3ccc4c(c3)Oc3cc(-c5cc6c7ccccc7n7c8ccccc8c(c5)c67)ccc3S4)n2)cc1. The average Bonchev–Trinajstić information content (AvgIpc) is 3.72. The summed E-state index contributed by atoms with van der Waals surface area (Å²) in [7, 11) is 0. The first kappa shape index (κ1) is 28.3. The van der Waals surface area contributed by atoms with Crippen molar-refractivity contribution >= 4 is 49.9 Å². The third kappa shape index (κ3) is 4.47. The number of ether oxygens (including phenoxy) is 1. The minimum Gasteiger partial charge on any atom is -0.455 e. The van der Waals surface area contributed by atoms with Gasteiger partial charge in [-0.2, -0.15) is 0 Å². The summed E-state index contributed by atoms with van der Waals surface area (Å²) in [6.07, 6.45) is 0. The zero-order valence-corrected chi connectivity index (χ0v) is 27.9. The molecule has 0 radical (unpaired) electrons. The highest BCUT2D eigenvalue weighted by atomic mass is 32.2. The van der Waals surface area contributed by atoms with Crippen LogP contribution in [0.1, 0.15) is 0 Å². The van der Waals surface area contributed by atoms with Crippen LogP contribution in [0.15, 0.2) is 168 Å². The molecule has 6 heteroatoms. The Morgan fingerprint density at radius 3 is 1.43 bits per heavy atom. The summed E-state index contributed by atoms with van der Waals surface area (Å²) in [5.41, 5.74) is 8.78. The Kier molecular flexibility index (Phi) is 6.12. The van der Waals surface area contributed by atoms with Crippen molar-refractivity contribution in [2.45, 2.75) is 9.79 Å². The molecule has 10 aromatic rings. The molecule has 1 aliphatic heterocycles. The number of benzene rings is 7. The van der Waals surface area contributed by atoms with E-state index in [1.54, 1.807) is 11.8 Å². The van der Waals surface area contributed by atoms with Gasteiger partial charge in [0.25, 0.3) is 0 Å². The highest BCUT2D eigenvalue weighted by molar-refractivity contribution is 7.99. The van der Waals surface area contributed by atoms with Crippen LogP contribution in [-0.4, -0.2) is 19.4 Å². The molecule has 0 spiro atoms. The second-order valence-corrected chi connectivity index (χ2v) is 13.9. The first-order chi connectivity index (χ1) is 25.2. The van der Waals surface area contributed by atoms with Crippen LogP contribution in [0.3, 0.4) is 0 Å². The van der Waals surface area contributed by atoms with Gasteiger partial charge in [0.15, 0.2) is 17.5 Å². The van der Waals surface area contributed by atoms with Crippen molar-refractivity contribution in [3.8, 4) is 56.8 Å². The van der Waals surface area contributed by atoms with Crippen molar-refractivity contribution < 1.29 is 4.74 Å². The molecule has 3 aromatic heterocycles. The number of hydrogen-bond acceptors (Lipinski definition) is 5. The minimum absolute atomic E-state index is 0.601. The molecule has 0 saturated carbocycles. The smallest absolute Gasteiger partial charge is 0.164 e. The topological polar surface area (TPSA) is 52.3 Å². The molecule has 1 aliphatic rings. The molecule has 0 N–H and O–H groups in total. The Morgan fingerprint density at radius 1 is 0.392 bits per heavy atom. The van der Waals surface area contributed by atoms with Crippen molar-refractivity contribution in [2.75, 3.05) is 0 Å². The van der Waals surface area contributed by atoms with Crippen molar-refractivity contribution in [2.24, 2.45) is 0 Å². The number of hydrogen-bond donors (Lipinski definition) is 0. The molecule has 0 atom stereocenters. The number of nitrogens with zero attached hydrogens (tertiary/aromatic N) is 4. The third-order valence-corrected chi connectivity index (χ3v) is 10.9. The lowest BCUT2D eigenvalue weighted by molar-refractivity contribution is 0.455. The Bertz CT molecular complexity index is 2830. The third-order valence-electron chi connectivity index (χ3n) is 9.82.